The van der Waals surface area contributed by atoms with Crippen LogP contribution in [-0.2, 0) is 9.53 Å². The lowest BCUT2D eigenvalue weighted by Crippen LogP contribution is -2.36. The molecule has 5 nitrogen and oxygen atoms in total. The number of thiazole rings is 1. The minimum absolute atomic E-state index is 0.0199. The van der Waals surface area contributed by atoms with Crippen molar-refractivity contribution in [1.82, 2.24) is 4.98 Å². The highest BCUT2D eigenvalue weighted by Crippen LogP contribution is 2.40. The van der Waals surface area contributed by atoms with Crippen molar-refractivity contribution in [3.8, 4) is 11.3 Å². The van der Waals surface area contributed by atoms with Crippen molar-refractivity contribution in [2.45, 2.75) is 0 Å². The van der Waals surface area contributed by atoms with E-state index in [1.165, 1.54) is 0 Å². The molecule has 1 amide bonds. The number of nitrogens with zero attached hydrogens (tertiary/aromatic N) is 3. The lowest BCUT2D eigenvalue weighted by atomic mass is 10.0. The predicted octanol–water partition coefficient (Wildman–Crippen LogP) is 4.16. The number of anilines is 2. The van der Waals surface area contributed by atoms with Crippen LogP contribution in [0.5, 0.6) is 0 Å². The number of carbonyl (C=O) groups is 1. The number of rotatable bonds is 3. The van der Waals surface area contributed by atoms with E-state index >= 15 is 0 Å². The van der Waals surface area contributed by atoms with Crippen LogP contribution < -0.4 is 9.80 Å². The van der Waals surface area contributed by atoms with E-state index in [4.69, 9.17) is 9.72 Å². The average Bonchev–Trinajstić information content (AvgIpc) is 3.31. The van der Waals surface area contributed by atoms with Crippen LogP contribution in [0, 0.1) is 0 Å². The summed E-state index contributed by atoms with van der Waals surface area (Å²) < 4.78 is 5.49. The molecule has 146 valence electrons. The molecule has 3 aromatic rings. The molecule has 0 aliphatic carbocycles. The molecular formula is C23H21N3O2S. The van der Waals surface area contributed by atoms with Gasteiger partial charge in [-0.05, 0) is 12.1 Å². The van der Waals surface area contributed by atoms with E-state index in [0.717, 1.165) is 51.2 Å². The normalized spacial score (nSPS) is 17.8. The van der Waals surface area contributed by atoms with Gasteiger partial charge in [0.25, 0.3) is 5.91 Å². The molecule has 1 fully saturated rings. The van der Waals surface area contributed by atoms with Gasteiger partial charge in [0.15, 0.2) is 5.13 Å². The molecule has 1 saturated heterocycles. The summed E-state index contributed by atoms with van der Waals surface area (Å²) in [6, 6.07) is 18.1. The van der Waals surface area contributed by atoms with Gasteiger partial charge in [-0.1, -0.05) is 59.9 Å². The van der Waals surface area contributed by atoms with Crippen molar-refractivity contribution < 1.29 is 9.53 Å². The molecule has 0 saturated carbocycles. The van der Waals surface area contributed by atoms with Crippen LogP contribution in [0.15, 0.2) is 54.6 Å². The summed E-state index contributed by atoms with van der Waals surface area (Å²) in [4.78, 5) is 22.9. The summed E-state index contributed by atoms with van der Waals surface area (Å²) in [6.07, 6.45) is 2.01. The number of morpholine rings is 1. The molecule has 2 aromatic carbocycles. The van der Waals surface area contributed by atoms with E-state index in [2.05, 4.69) is 17.0 Å². The second-order valence-electron chi connectivity index (χ2n) is 7.11. The smallest absolute Gasteiger partial charge is 0.258 e. The van der Waals surface area contributed by atoms with Gasteiger partial charge in [0.2, 0.25) is 0 Å². The maximum atomic E-state index is 12.9. The van der Waals surface area contributed by atoms with Crippen LogP contribution in [-0.4, -0.2) is 44.2 Å². The van der Waals surface area contributed by atoms with Gasteiger partial charge in [-0.3, -0.25) is 4.79 Å². The van der Waals surface area contributed by atoms with Crippen LogP contribution in [0.1, 0.15) is 10.4 Å². The number of hydrogen-bond donors (Lipinski definition) is 0. The maximum Gasteiger partial charge on any atom is 0.258 e. The lowest BCUT2D eigenvalue weighted by molar-refractivity contribution is -0.112. The van der Waals surface area contributed by atoms with Gasteiger partial charge < -0.3 is 14.5 Å². The summed E-state index contributed by atoms with van der Waals surface area (Å²) in [5.41, 5.74) is 4.62. The molecule has 5 rings (SSSR count). The molecule has 1 aromatic heterocycles. The first-order chi connectivity index (χ1) is 14.2. The van der Waals surface area contributed by atoms with Crippen LogP contribution in [0.2, 0.25) is 0 Å². The summed E-state index contributed by atoms with van der Waals surface area (Å²) in [6.45, 7) is 3.10. The minimum Gasteiger partial charge on any atom is -0.378 e. The Morgan fingerprint density at radius 3 is 2.55 bits per heavy atom. The van der Waals surface area contributed by atoms with E-state index < -0.39 is 0 Å². The fourth-order valence-electron chi connectivity index (χ4n) is 3.78. The molecule has 0 spiro atoms. The van der Waals surface area contributed by atoms with Crippen molar-refractivity contribution in [3.05, 3.63) is 65.0 Å². The Bertz CT molecular complexity index is 1080. The number of para-hydroxylation sites is 1. The molecule has 29 heavy (non-hydrogen) atoms. The highest BCUT2D eigenvalue weighted by atomic mass is 32.1. The number of fused-ring (bicyclic) bond motifs is 1. The fraction of sp³-hybridized carbons (Fsp3) is 0.217. The predicted molar refractivity (Wildman–Crippen MR) is 118 cm³/mol. The van der Waals surface area contributed by atoms with E-state index in [9.17, 15) is 4.79 Å². The van der Waals surface area contributed by atoms with E-state index in [1.54, 1.807) is 16.2 Å². The second-order valence-corrected chi connectivity index (χ2v) is 8.12. The topological polar surface area (TPSA) is 45.7 Å². The van der Waals surface area contributed by atoms with Gasteiger partial charge in [-0.25, -0.2) is 4.98 Å². The van der Waals surface area contributed by atoms with Crippen molar-refractivity contribution in [1.29, 1.82) is 0 Å². The molecule has 0 N–H and O–H groups in total. The van der Waals surface area contributed by atoms with Crippen molar-refractivity contribution >= 4 is 39.7 Å². The molecule has 0 bridgehead atoms. The van der Waals surface area contributed by atoms with Gasteiger partial charge in [-0.2, -0.15) is 0 Å². The first-order valence-corrected chi connectivity index (χ1v) is 10.5. The zero-order valence-electron chi connectivity index (χ0n) is 16.2. The zero-order chi connectivity index (χ0) is 19.8. The van der Waals surface area contributed by atoms with Crippen molar-refractivity contribution in [2.24, 2.45) is 0 Å². The van der Waals surface area contributed by atoms with Crippen molar-refractivity contribution in [3.63, 3.8) is 0 Å². The number of benzene rings is 2. The summed E-state index contributed by atoms with van der Waals surface area (Å²) >= 11 is 1.64. The first-order valence-electron chi connectivity index (χ1n) is 9.70. The second kappa shape index (κ2) is 7.46. The third-order valence-corrected chi connectivity index (χ3v) is 6.40. The van der Waals surface area contributed by atoms with E-state index in [-0.39, 0.29) is 5.91 Å². The van der Waals surface area contributed by atoms with Crippen LogP contribution >= 0.6 is 11.3 Å². The molecule has 2 aliphatic heterocycles. The van der Waals surface area contributed by atoms with Gasteiger partial charge in [-0.15, -0.1) is 0 Å². The van der Waals surface area contributed by atoms with Crippen LogP contribution in [0.3, 0.4) is 0 Å². The summed E-state index contributed by atoms with van der Waals surface area (Å²) in [7, 11) is 1.83. The standard InChI is InChI=1S/C23H21N3O2S/c1-25-19-10-6-5-9-17(19)18(22(25)27)15-20-21(16-7-3-2-4-8-16)24-23(29-20)26-11-13-28-14-12-26/h2-10,15H,11-14H2,1H3/b18-15-. The van der Waals surface area contributed by atoms with Gasteiger partial charge in [0, 0.05) is 31.3 Å². The minimum atomic E-state index is 0.0199. The Morgan fingerprint density at radius 1 is 1.03 bits per heavy atom. The molecule has 6 heteroatoms. The Balaban J connectivity index is 1.63. The monoisotopic (exact) mass is 403 g/mol. The zero-order valence-corrected chi connectivity index (χ0v) is 17.0. The SMILES string of the molecule is CN1C(=O)/C(=C\c2sc(N3CCOCC3)nc2-c2ccccc2)c2ccccc21. The lowest BCUT2D eigenvalue weighted by Gasteiger charge is -2.26. The number of likely N-dealkylation sites (N-methyl/N-ethyl adjacent to an activating group) is 1. The van der Waals surface area contributed by atoms with Gasteiger partial charge in [0.1, 0.15) is 0 Å². The number of amides is 1. The molecule has 0 unspecified atom stereocenters. The molecule has 0 radical (unpaired) electrons. The number of ether oxygens (including phenoxy) is 1. The number of hydrogen-bond acceptors (Lipinski definition) is 5. The highest BCUT2D eigenvalue weighted by molar-refractivity contribution is 7.17. The number of carbonyl (C=O) groups excluding carboxylic acids is 1. The first kappa shape index (κ1) is 18.1. The quantitative estimate of drug-likeness (QED) is 0.616. The largest absolute Gasteiger partial charge is 0.378 e. The Kier molecular flexibility index (Phi) is 4.66. The van der Waals surface area contributed by atoms with Crippen molar-refractivity contribution in [2.75, 3.05) is 43.2 Å². The number of aromatic nitrogens is 1. The van der Waals surface area contributed by atoms with Crippen LogP contribution in [0.25, 0.3) is 22.9 Å². The molecular weight excluding hydrogens is 382 g/mol. The molecule has 0 atom stereocenters. The third-order valence-electron chi connectivity index (χ3n) is 5.34. The Morgan fingerprint density at radius 2 is 1.76 bits per heavy atom. The maximum absolute atomic E-state index is 12.9. The average molecular weight is 404 g/mol. The summed E-state index contributed by atoms with van der Waals surface area (Å²) in [5, 5.41) is 0.978. The molecule has 3 heterocycles. The highest BCUT2D eigenvalue weighted by Gasteiger charge is 2.30. The summed E-state index contributed by atoms with van der Waals surface area (Å²) in [5.74, 6) is 0.0199. The van der Waals surface area contributed by atoms with Gasteiger partial charge >= 0.3 is 0 Å². The van der Waals surface area contributed by atoms with Gasteiger partial charge in [0.05, 0.1) is 35.0 Å². The van der Waals surface area contributed by atoms with E-state index in [1.807, 2.05) is 55.6 Å². The third kappa shape index (κ3) is 3.24. The Hall–Kier alpha value is -2.96. The van der Waals surface area contributed by atoms with Crippen LogP contribution in [0.4, 0.5) is 10.8 Å². The molecule has 2 aliphatic rings. The Labute approximate surface area is 173 Å². The van der Waals surface area contributed by atoms with E-state index in [0.29, 0.717) is 13.2 Å². The fourth-order valence-corrected chi connectivity index (χ4v) is 4.86.